The Bertz CT molecular complexity index is 260. The average Bonchev–Trinajstić information content (AvgIpc) is 2.66. The molecule has 1 aromatic heterocycles. The zero-order valence-corrected chi connectivity index (χ0v) is 7.67. The molecule has 1 aliphatic carbocycles. The fraction of sp³-hybridized carbons (Fsp3) is 0.778. The molecule has 0 amide bonds. The SMILES string of the molecule is CC(C)c1n[nH]c(CC2CC2)n1. The van der Waals surface area contributed by atoms with Gasteiger partial charge >= 0.3 is 0 Å². The van der Waals surface area contributed by atoms with Gasteiger partial charge in [-0.25, -0.2) is 4.98 Å². The van der Waals surface area contributed by atoms with E-state index in [4.69, 9.17) is 0 Å². The minimum atomic E-state index is 0.439. The summed E-state index contributed by atoms with van der Waals surface area (Å²) in [6, 6.07) is 0. The molecular weight excluding hydrogens is 150 g/mol. The normalized spacial score (nSPS) is 17.2. The van der Waals surface area contributed by atoms with Crippen molar-refractivity contribution in [3.8, 4) is 0 Å². The number of nitrogens with zero attached hydrogens (tertiary/aromatic N) is 2. The molecule has 0 atom stereocenters. The van der Waals surface area contributed by atoms with Gasteiger partial charge in [0.05, 0.1) is 0 Å². The van der Waals surface area contributed by atoms with Gasteiger partial charge in [-0.1, -0.05) is 13.8 Å². The van der Waals surface area contributed by atoms with Crippen LogP contribution in [-0.2, 0) is 6.42 Å². The fourth-order valence-electron chi connectivity index (χ4n) is 1.25. The lowest BCUT2D eigenvalue weighted by Crippen LogP contribution is -1.91. The van der Waals surface area contributed by atoms with Gasteiger partial charge in [0.15, 0.2) is 5.82 Å². The second kappa shape index (κ2) is 2.88. The Balaban J connectivity index is 2.02. The Hall–Kier alpha value is -0.860. The van der Waals surface area contributed by atoms with Crippen LogP contribution in [0.25, 0.3) is 0 Å². The van der Waals surface area contributed by atoms with E-state index >= 15 is 0 Å². The molecule has 1 N–H and O–H groups in total. The van der Waals surface area contributed by atoms with E-state index in [1.54, 1.807) is 0 Å². The van der Waals surface area contributed by atoms with Gasteiger partial charge in [-0.2, -0.15) is 5.10 Å². The maximum absolute atomic E-state index is 4.42. The first-order valence-corrected chi connectivity index (χ1v) is 4.67. The molecule has 1 heterocycles. The average molecular weight is 165 g/mol. The molecule has 1 saturated carbocycles. The molecule has 0 bridgehead atoms. The maximum Gasteiger partial charge on any atom is 0.153 e. The van der Waals surface area contributed by atoms with Crippen LogP contribution in [0.2, 0.25) is 0 Å². The summed E-state index contributed by atoms with van der Waals surface area (Å²) in [4.78, 5) is 4.42. The van der Waals surface area contributed by atoms with Crippen LogP contribution < -0.4 is 0 Å². The predicted molar refractivity (Wildman–Crippen MR) is 46.9 cm³/mol. The van der Waals surface area contributed by atoms with Crippen LogP contribution in [0.5, 0.6) is 0 Å². The van der Waals surface area contributed by atoms with Crippen LogP contribution in [0.15, 0.2) is 0 Å². The zero-order chi connectivity index (χ0) is 8.55. The molecule has 12 heavy (non-hydrogen) atoms. The van der Waals surface area contributed by atoms with E-state index < -0.39 is 0 Å². The number of hydrogen-bond acceptors (Lipinski definition) is 2. The largest absolute Gasteiger partial charge is 0.263 e. The molecule has 0 aromatic carbocycles. The minimum Gasteiger partial charge on any atom is -0.263 e. The highest BCUT2D eigenvalue weighted by Gasteiger charge is 2.23. The van der Waals surface area contributed by atoms with Crippen LogP contribution in [-0.4, -0.2) is 15.2 Å². The molecule has 0 aliphatic heterocycles. The van der Waals surface area contributed by atoms with Crippen molar-refractivity contribution in [3.63, 3.8) is 0 Å². The zero-order valence-electron chi connectivity index (χ0n) is 7.67. The van der Waals surface area contributed by atoms with E-state index in [1.807, 2.05) is 0 Å². The van der Waals surface area contributed by atoms with Gasteiger partial charge < -0.3 is 0 Å². The summed E-state index contributed by atoms with van der Waals surface area (Å²) in [5, 5.41) is 7.16. The Morgan fingerprint density at radius 1 is 1.50 bits per heavy atom. The quantitative estimate of drug-likeness (QED) is 0.743. The predicted octanol–water partition coefficient (Wildman–Crippen LogP) is 1.88. The second-order valence-electron chi connectivity index (χ2n) is 3.94. The smallest absolute Gasteiger partial charge is 0.153 e. The highest BCUT2D eigenvalue weighted by atomic mass is 15.2. The highest BCUT2D eigenvalue weighted by Crippen LogP contribution is 2.31. The Morgan fingerprint density at radius 2 is 2.25 bits per heavy atom. The van der Waals surface area contributed by atoms with Gasteiger partial charge in [-0.3, -0.25) is 5.10 Å². The van der Waals surface area contributed by atoms with Gasteiger partial charge in [-0.15, -0.1) is 0 Å². The summed E-state index contributed by atoms with van der Waals surface area (Å²) in [6.07, 6.45) is 3.84. The summed E-state index contributed by atoms with van der Waals surface area (Å²) >= 11 is 0. The van der Waals surface area contributed by atoms with E-state index in [2.05, 4.69) is 29.0 Å². The first kappa shape index (κ1) is 7.77. The van der Waals surface area contributed by atoms with Gasteiger partial charge in [-0.05, 0) is 18.8 Å². The first-order valence-electron chi connectivity index (χ1n) is 4.67. The summed E-state index contributed by atoms with van der Waals surface area (Å²) in [6.45, 7) is 4.23. The molecule has 0 saturated heterocycles. The monoisotopic (exact) mass is 165 g/mol. The van der Waals surface area contributed by atoms with Crippen molar-refractivity contribution in [1.29, 1.82) is 0 Å². The van der Waals surface area contributed by atoms with Crippen LogP contribution in [0.4, 0.5) is 0 Å². The topological polar surface area (TPSA) is 41.6 Å². The minimum absolute atomic E-state index is 0.439. The number of nitrogens with one attached hydrogen (secondary N) is 1. The Labute approximate surface area is 72.6 Å². The van der Waals surface area contributed by atoms with Gasteiger partial charge in [0, 0.05) is 12.3 Å². The standard InChI is InChI=1S/C9H15N3/c1-6(2)9-10-8(11-12-9)5-7-3-4-7/h6-7H,3-5H2,1-2H3,(H,10,11,12). The lowest BCUT2D eigenvalue weighted by Gasteiger charge is -1.93. The van der Waals surface area contributed by atoms with E-state index in [9.17, 15) is 0 Å². The van der Waals surface area contributed by atoms with Crippen LogP contribution in [0, 0.1) is 5.92 Å². The molecule has 1 aliphatic rings. The van der Waals surface area contributed by atoms with Crippen molar-refractivity contribution >= 4 is 0 Å². The van der Waals surface area contributed by atoms with Crippen LogP contribution in [0.3, 0.4) is 0 Å². The third-order valence-electron chi connectivity index (χ3n) is 2.24. The van der Waals surface area contributed by atoms with Crippen molar-refractivity contribution in [3.05, 3.63) is 11.6 Å². The van der Waals surface area contributed by atoms with Crippen molar-refractivity contribution in [1.82, 2.24) is 15.2 Å². The highest BCUT2D eigenvalue weighted by molar-refractivity contribution is 4.97. The summed E-state index contributed by atoms with van der Waals surface area (Å²) < 4.78 is 0. The number of rotatable bonds is 3. The van der Waals surface area contributed by atoms with Crippen molar-refractivity contribution in [2.45, 2.75) is 39.0 Å². The number of aromatic nitrogens is 3. The lowest BCUT2D eigenvalue weighted by atomic mass is 10.2. The molecule has 0 unspecified atom stereocenters. The third-order valence-corrected chi connectivity index (χ3v) is 2.24. The molecule has 3 nitrogen and oxygen atoms in total. The van der Waals surface area contributed by atoms with Crippen LogP contribution >= 0.6 is 0 Å². The van der Waals surface area contributed by atoms with E-state index in [1.165, 1.54) is 12.8 Å². The third kappa shape index (κ3) is 1.65. The molecule has 1 fully saturated rings. The number of H-pyrrole nitrogens is 1. The van der Waals surface area contributed by atoms with Crippen molar-refractivity contribution < 1.29 is 0 Å². The molecule has 2 rings (SSSR count). The van der Waals surface area contributed by atoms with Crippen molar-refractivity contribution in [2.24, 2.45) is 5.92 Å². The molecular formula is C9H15N3. The van der Waals surface area contributed by atoms with E-state index in [0.29, 0.717) is 5.92 Å². The molecule has 66 valence electrons. The van der Waals surface area contributed by atoms with E-state index in [-0.39, 0.29) is 0 Å². The second-order valence-corrected chi connectivity index (χ2v) is 3.94. The van der Waals surface area contributed by atoms with Gasteiger partial charge in [0.1, 0.15) is 5.82 Å². The molecule has 3 heteroatoms. The van der Waals surface area contributed by atoms with Crippen LogP contribution in [0.1, 0.15) is 44.3 Å². The Morgan fingerprint density at radius 3 is 2.75 bits per heavy atom. The summed E-state index contributed by atoms with van der Waals surface area (Å²) in [5.41, 5.74) is 0. The lowest BCUT2D eigenvalue weighted by molar-refractivity contribution is 0.767. The summed E-state index contributed by atoms with van der Waals surface area (Å²) in [7, 11) is 0. The van der Waals surface area contributed by atoms with E-state index in [0.717, 1.165) is 24.0 Å². The summed E-state index contributed by atoms with van der Waals surface area (Å²) in [5.74, 6) is 3.35. The van der Waals surface area contributed by atoms with Gasteiger partial charge in [0.2, 0.25) is 0 Å². The molecule has 0 spiro atoms. The fourth-order valence-corrected chi connectivity index (χ4v) is 1.25. The van der Waals surface area contributed by atoms with Crippen molar-refractivity contribution in [2.75, 3.05) is 0 Å². The number of hydrogen-bond donors (Lipinski definition) is 1. The Kier molecular flexibility index (Phi) is 1.87. The van der Waals surface area contributed by atoms with Gasteiger partial charge in [0.25, 0.3) is 0 Å². The molecule has 1 aromatic rings. The number of aromatic amines is 1. The molecule has 0 radical (unpaired) electrons. The maximum atomic E-state index is 4.42. The first-order chi connectivity index (χ1) is 5.75.